The number of aliphatic hydroxyl groups excluding tert-OH is 1. The first-order valence-electron chi connectivity index (χ1n) is 4.35. The van der Waals surface area contributed by atoms with Gasteiger partial charge in [0, 0.05) is 13.6 Å². The summed E-state index contributed by atoms with van der Waals surface area (Å²) in [6.45, 7) is 2.31. The molecule has 0 unspecified atom stereocenters. The van der Waals surface area contributed by atoms with Gasteiger partial charge < -0.3 is 10.0 Å². The van der Waals surface area contributed by atoms with Gasteiger partial charge in [-0.1, -0.05) is 5.21 Å². The molecule has 1 aromatic rings. The molecule has 1 aromatic heterocycles. The number of amides is 1. The van der Waals surface area contributed by atoms with Gasteiger partial charge in [-0.15, -0.1) is 5.10 Å². The minimum Gasteiger partial charge on any atom is -0.395 e. The van der Waals surface area contributed by atoms with Crippen molar-refractivity contribution in [3.8, 4) is 0 Å². The summed E-state index contributed by atoms with van der Waals surface area (Å²) in [5.74, 6) is -0.0901. The Morgan fingerprint density at radius 1 is 1.71 bits per heavy atom. The van der Waals surface area contributed by atoms with Crippen molar-refractivity contribution in [2.24, 2.45) is 0 Å². The van der Waals surface area contributed by atoms with Crippen molar-refractivity contribution in [3.63, 3.8) is 0 Å². The number of carbonyl (C=O) groups is 1. The molecule has 0 saturated heterocycles. The number of aromatic nitrogens is 3. The molecule has 0 aliphatic heterocycles. The van der Waals surface area contributed by atoms with Gasteiger partial charge in [0.2, 0.25) is 5.91 Å². The van der Waals surface area contributed by atoms with Gasteiger partial charge in [-0.3, -0.25) is 4.79 Å². The minimum atomic E-state index is -0.0901. The average Bonchev–Trinajstić information content (AvgIpc) is 2.52. The highest BCUT2D eigenvalue weighted by Gasteiger charge is 2.10. The maximum Gasteiger partial charge on any atom is 0.244 e. The Morgan fingerprint density at radius 3 is 2.93 bits per heavy atom. The fraction of sp³-hybridized carbons (Fsp3) is 0.625. The number of nitrogens with zero attached hydrogens (tertiary/aromatic N) is 4. The standard InChI is InChI=1S/C8H14N4O2/c1-7-5-9-10-12(7)6-8(14)11(2)3-4-13/h5,13H,3-4,6H2,1-2H3. The quantitative estimate of drug-likeness (QED) is 0.676. The van der Waals surface area contributed by atoms with E-state index in [1.165, 1.54) is 9.58 Å². The molecule has 0 fully saturated rings. The summed E-state index contributed by atoms with van der Waals surface area (Å²) < 4.78 is 1.52. The van der Waals surface area contributed by atoms with Crippen LogP contribution in [0.1, 0.15) is 5.69 Å². The first-order chi connectivity index (χ1) is 6.65. The molecule has 0 aliphatic carbocycles. The first kappa shape index (κ1) is 10.6. The van der Waals surface area contributed by atoms with E-state index in [1.54, 1.807) is 13.2 Å². The van der Waals surface area contributed by atoms with Crippen LogP contribution in [-0.2, 0) is 11.3 Å². The Balaban J connectivity index is 2.53. The van der Waals surface area contributed by atoms with Crippen LogP contribution in [-0.4, -0.2) is 51.1 Å². The van der Waals surface area contributed by atoms with Crippen molar-refractivity contribution in [1.29, 1.82) is 0 Å². The van der Waals surface area contributed by atoms with Gasteiger partial charge in [0.25, 0.3) is 0 Å². The summed E-state index contributed by atoms with van der Waals surface area (Å²) in [4.78, 5) is 12.9. The van der Waals surface area contributed by atoms with Gasteiger partial charge in [-0.2, -0.15) is 0 Å². The number of carbonyl (C=O) groups excluding carboxylic acids is 1. The van der Waals surface area contributed by atoms with Crippen LogP contribution in [0.3, 0.4) is 0 Å². The molecule has 0 spiro atoms. The number of aliphatic hydroxyl groups is 1. The minimum absolute atomic E-state index is 0.0292. The van der Waals surface area contributed by atoms with E-state index in [2.05, 4.69) is 10.3 Å². The maximum atomic E-state index is 11.5. The molecule has 0 atom stereocenters. The second-order valence-corrected chi connectivity index (χ2v) is 3.07. The van der Waals surface area contributed by atoms with Crippen LogP contribution in [0.5, 0.6) is 0 Å². The van der Waals surface area contributed by atoms with E-state index in [0.717, 1.165) is 5.69 Å². The lowest BCUT2D eigenvalue weighted by molar-refractivity contribution is -0.131. The van der Waals surface area contributed by atoms with Gasteiger partial charge in [0.15, 0.2) is 0 Å². The lowest BCUT2D eigenvalue weighted by atomic mass is 10.4. The Labute approximate surface area is 82.1 Å². The van der Waals surface area contributed by atoms with Crippen molar-refractivity contribution < 1.29 is 9.90 Å². The van der Waals surface area contributed by atoms with E-state index < -0.39 is 0 Å². The van der Waals surface area contributed by atoms with Gasteiger partial charge in [0.05, 0.1) is 18.5 Å². The number of rotatable bonds is 4. The summed E-state index contributed by atoms with van der Waals surface area (Å²) in [7, 11) is 1.64. The Bertz CT molecular complexity index is 310. The maximum absolute atomic E-state index is 11.5. The van der Waals surface area contributed by atoms with Crippen LogP contribution in [0, 0.1) is 6.92 Å². The normalized spacial score (nSPS) is 10.2. The summed E-state index contributed by atoms with van der Waals surface area (Å²) in [5, 5.41) is 16.1. The first-order valence-corrected chi connectivity index (χ1v) is 4.35. The van der Waals surface area contributed by atoms with Crippen molar-refractivity contribution in [1.82, 2.24) is 19.9 Å². The van der Waals surface area contributed by atoms with Gasteiger partial charge in [-0.25, -0.2) is 4.68 Å². The lowest BCUT2D eigenvalue weighted by Gasteiger charge is -2.15. The van der Waals surface area contributed by atoms with Crippen LogP contribution in [0.25, 0.3) is 0 Å². The van der Waals surface area contributed by atoms with Crippen LogP contribution >= 0.6 is 0 Å². The molecule has 14 heavy (non-hydrogen) atoms. The van der Waals surface area contributed by atoms with E-state index in [0.29, 0.717) is 6.54 Å². The molecule has 1 N–H and O–H groups in total. The van der Waals surface area contributed by atoms with E-state index >= 15 is 0 Å². The summed E-state index contributed by atoms with van der Waals surface area (Å²) in [5.41, 5.74) is 0.843. The molecule has 6 heteroatoms. The summed E-state index contributed by atoms with van der Waals surface area (Å²) >= 11 is 0. The van der Waals surface area contributed by atoms with E-state index in [-0.39, 0.29) is 19.1 Å². The molecule has 0 saturated carbocycles. The monoisotopic (exact) mass is 198 g/mol. The van der Waals surface area contributed by atoms with Gasteiger partial charge >= 0.3 is 0 Å². The molecule has 0 bridgehead atoms. The zero-order chi connectivity index (χ0) is 10.6. The largest absolute Gasteiger partial charge is 0.395 e. The van der Waals surface area contributed by atoms with E-state index in [9.17, 15) is 4.79 Å². The second kappa shape index (κ2) is 4.71. The Hall–Kier alpha value is -1.43. The predicted octanol–water partition coefficient (Wildman–Crippen LogP) is -0.963. The average molecular weight is 198 g/mol. The third-order valence-electron chi connectivity index (χ3n) is 1.96. The molecule has 78 valence electrons. The van der Waals surface area contributed by atoms with Crippen LogP contribution in [0.15, 0.2) is 6.20 Å². The smallest absolute Gasteiger partial charge is 0.244 e. The molecule has 1 rings (SSSR count). The predicted molar refractivity (Wildman–Crippen MR) is 49.5 cm³/mol. The highest BCUT2D eigenvalue weighted by atomic mass is 16.3. The summed E-state index contributed by atoms with van der Waals surface area (Å²) in [6, 6.07) is 0. The van der Waals surface area contributed by atoms with Crippen LogP contribution in [0.4, 0.5) is 0 Å². The topological polar surface area (TPSA) is 71.2 Å². The highest BCUT2D eigenvalue weighted by molar-refractivity contribution is 5.75. The van der Waals surface area contributed by atoms with Crippen molar-refractivity contribution in [3.05, 3.63) is 11.9 Å². The molecule has 6 nitrogen and oxygen atoms in total. The van der Waals surface area contributed by atoms with E-state index in [1.807, 2.05) is 6.92 Å². The molecule has 1 amide bonds. The number of aryl methyl sites for hydroxylation is 1. The third-order valence-corrected chi connectivity index (χ3v) is 1.96. The molecule has 1 heterocycles. The Morgan fingerprint density at radius 2 is 2.43 bits per heavy atom. The van der Waals surface area contributed by atoms with Crippen LogP contribution in [0.2, 0.25) is 0 Å². The van der Waals surface area contributed by atoms with Crippen LogP contribution < -0.4 is 0 Å². The van der Waals surface area contributed by atoms with Gasteiger partial charge in [-0.05, 0) is 6.92 Å². The number of hydrogen-bond donors (Lipinski definition) is 1. The molecular formula is C8H14N4O2. The SMILES string of the molecule is Cc1cnnn1CC(=O)N(C)CCO. The van der Waals surface area contributed by atoms with Crippen molar-refractivity contribution in [2.75, 3.05) is 20.2 Å². The molecular weight excluding hydrogens is 184 g/mol. The van der Waals surface area contributed by atoms with Crippen molar-refractivity contribution >= 4 is 5.91 Å². The van der Waals surface area contributed by atoms with Crippen molar-refractivity contribution in [2.45, 2.75) is 13.5 Å². The second-order valence-electron chi connectivity index (χ2n) is 3.07. The van der Waals surface area contributed by atoms with Gasteiger partial charge in [0.1, 0.15) is 6.54 Å². The zero-order valence-electron chi connectivity index (χ0n) is 8.34. The third kappa shape index (κ3) is 2.53. The highest BCUT2D eigenvalue weighted by Crippen LogP contribution is 1.94. The fourth-order valence-electron chi connectivity index (χ4n) is 0.989. The number of likely N-dealkylation sites (N-methyl/N-ethyl adjacent to an activating group) is 1. The fourth-order valence-corrected chi connectivity index (χ4v) is 0.989. The van der Waals surface area contributed by atoms with E-state index in [4.69, 9.17) is 5.11 Å². The lowest BCUT2D eigenvalue weighted by Crippen LogP contribution is -2.33. The number of hydrogen-bond acceptors (Lipinski definition) is 4. The zero-order valence-corrected chi connectivity index (χ0v) is 8.34. The molecule has 0 aliphatic rings. The molecule has 0 aromatic carbocycles. The molecule has 0 radical (unpaired) electrons. The Kier molecular flexibility index (Phi) is 3.58. The summed E-state index contributed by atoms with van der Waals surface area (Å²) in [6.07, 6.45) is 1.60.